The summed E-state index contributed by atoms with van der Waals surface area (Å²) in [6.07, 6.45) is 0. The third kappa shape index (κ3) is 3.28. The number of fused-ring (bicyclic) bond motifs is 1. The van der Waals surface area contributed by atoms with Gasteiger partial charge in [0, 0.05) is 23.6 Å². The number of para-hydroxylation sites is 2. The molecule has 0 bridgehead atoms. The van der Waals surface area contributed by atoms with Crippen molar-refractivity contribution in [1.82, 2.24) is 0 Å². The van der Waals surface area contributed by atoms with E-state index in [1.54, 1.807) is 30.3 Å². The van der Waals surface area contributed by atoms with E-state index in [1.165, 1.54) is 18.2 Å². The van der Waals surface area contributed by atoms with E-state index in [0.717, 1.165) is 16.5 Å². The highest BCUT2D eigenvalue weighted by Gasteiger charge is 2.15. The van der Waals surface area contributed by atoms with Crippen LogP contribution in [0.25, 0.3) is 22.1 Å². The van der Waals surface area contributed by atoms with E-state index >= 15 is 0 Å². The summed E-state index contributed by atoms with van der Waals surface area (Å²) in [6, 6.07) is 22.0. The first-order valence-corrected chi connectivity index (χ1v) is 8.16. The Morgan fingerprint density at radius 1 is 0.889 bits per heavy atom. The Kier molecular flexibility index (Phi) is 4.14. The van der Waals surface area contributed by atoms with Gasteiger partial charge in [-0.15, -0.1) is 0 Å². The topological polar surface area (TPSA) is 82.6 Å². The molecule has 0 fully saturated rings. The molecule has 6 heteroatoms. The van der Waals surface area contributed by atoms with Crippen LogP contribution in [0.2, 0.25) is 0 Å². The van der Waals surface area contributed by atoms with Gasteiger partial charge in [-0.1, -0.05) is 42.5 Å². The molecule has 6 nitrogen and oxygen atoms in total. The van der Waals surface area contributed by atoms with Crippen molar-refractivity contribution in [3.8, 4) is 22.6 Å². The van der Waals surface area contributed by atoms with Crippen LogP contribution >= 0.6 is 0 Å². The Bertz CT molecular complexity index is 1200. The van der Waals surface area contributed by atoms with E-state index in [4.69, 9.17) is 9.15 Å². The Hall–Kier alpha value is -3.93. The molecule has 1 aromatic heterocycles. The SMILES string of the molecule is O=c1cc(-c2ccccc2)c2ccc(Oc3ccccc3[N+](=O)[O-])cc2o1. The van der Waals surface area contributed by atoms with Gasteiger partial charge in [0.2, 0.25) is 5.75 Å². The lowest BCUT2D eigenvalue weighted by atomic mass is 10.0. The number of hydrogen-bond donors (Lipinski definition) is 0. The second-order valence-corrected chi connectivity index (χ2v) is 5.83. The van der Waals surface area contributed by atoms with Gasteiger partial charge in [0.1, 0.15) is 11.3 Å². The second kappa shape index (κ2) is 6.76. The van der Waals surface area contributed by atoms with Crippen LogP contribution in [0.1, 0.15) is 0 Å². The molecule has 1 heterocycles. The molecule has 0 aliphatic heterocycles. The van der Waals surface area contributed by atoms with Crippen molar-refractivity contribution < 1.29 is 14.1 Å². The normalized spacial score (nSPS) is 10.7. The van der Waals surface area contributed by atoms with Crippen molar-refractivity contribution in [2.45, 2.75) is 0 Å². The average molecular weight is 359 g/mol. The minimum atomic E-state index is -0.510. The average Bonchev–Trinajstić information content (AvgIpc) is 2.68. The molecule has 0 unspecified atom stereocenters. The van der Waals surface area contributed by atoms with Gasteiger partial charge in [-0.2, -0.15) is 0 Å². The summed E-state index contributed by atoms with van der Waals surface area (Å²) < 4.78 is 11.0. The Labute approximate surface area is 153 Å². The molecule has 0 saturated heterocycles. The molecule has 3 aromatic carbocycles. The van der Waals surface area contributed by atoms with Crippen LogP contribution in [-0.4, -0.2) is 4.92 Å². The fourth-order valence-corrected chi connectivity index (χ4v) is 2.88. The number of hydrogen-bond acceptors (Lipinski definition) is 5. The monoisotopic (exact) mass is 359 g/mol. The molecule has 0 amide bonds. The van der Waals surface area contributed by atoms with Gasteiger partial charge in [0.15, 0.2) is 0 Å². The van der Waals surface area contributed by atoms with E-state index in [1.807, 2.05) is 30.3 Å². The largest absolute Gasteiger partial charge is 0.450 e. The molecule has 0 saturated carbocycles. The first-order chi connectivity index (χ1) is 13.1. The van der Waals surface area contributed by atoms with Gasteiger partial charge in [0.25, 0.3) is 0 Å². The molecular weight excluding hydrogens is 346 g/mol. The fraction of sp³-hybridized carbons (Fsp3) is 0. The Balaban J connectivity index is 1.80. The van der Waals surface area contributed by atoms with Crippen LogP contribution in [0.5, 0.6) is 11.5 Å². The third-order valence-electron chi connectivity index (χ3n) is 4.09. The molecular formula is C21H13NO5. The maximum absolute atomic E-state index is 12.0. The van der Waals surface area contributed by atoms with E-state index in [0.29, 0.717) is 11.3 Å². The number of benzene rings is 3. The molecule has 0 aliphatic rings. The van der Waals surface area contributed by atoms with Gasteiger partial charge < -0.3 is 9.15 Å². The predicted molar refractivity (Wildman–Crippen MR) is 101 cm³/mol. The molecule has 4 aromatic rings. The molecule has 0 atom stereocenters. The summed E-state index contributed by atoms with van der Waals surface area (Å²) in [5, 5.41) is 11.9. The molecule has 4 rings (SSSR count). The second-order valence-electron chi connectivity index (χ2n) is 5.83. The molecule has 0 spiro atoms. The van der Waals surface area contributed by atoms with E-state index in [2.05, 4.69) is 0 Å². The van der Waals surface area contributed by atoms with Crippen LogP contribution < -0.4 is 10.4 Å². The lowest BCUT2D eigenvalue weighted by Crippen LogP contribution is -1.98. The summed E-state index contributed by atoms with van der Waals surface area (Å²) in [6.45, 7) is 0. The maximum Gasteiger partial charge on any atom is 0.336 e. The molecule has 0 aliphatic carbocycles. The summed E-state index contributed by atoms with van der Waals surface area (Å²) >= 11 is 0. The fourth-order valence-electron chi connectivity index (χ4n) is 2.88. The van der Waals surface area contributed by atoms with Crippen LogP contribution in [-0.2, 0) is 0 Å². The highest BCUT2D eigenvalue weighted by Crippen LogP contribution is 2.34. The number of nitrogens with zero attached hydrogens (tertiary/aromatic N) is 1. The van der Waals surface area contributed by atoms with Crippen molar-refractivity contribution in [1.29, 1.82) is 0 Å². The first-order valence-electron chi connectivity index (χ1n) is 8.16. The van der Waals surface area contributed by atoms with Crippen molar-refractivity contribution in [3.05, 3.63) is 99.4 Å². The lowest BCUT2D eigenvalue weighted by Gasteiger charge is -2.09. The van der Waals surface area contributed by atoms with Crippen LogP contribution in [0, 0.1) is 10.1 Å². The number of nitro groups is 1. The number of ether oxygens (including phenoxy) is 1. The smallest absolute Gasteiger partial charge is 0.336 e. The van der Waals surface area contributed by atoms with E-state index < -0.39 is 10.5 Å². The number of rotatable bonds is 4. The highest BCUT2D eigenvalue weighted by atomic mass is 16.6. The number of nitro benzene ring substituents is 1. The summed E-state index contributed by atoms with van der Waals surface area (Å²) in [7, 11) is 0. The van der Waals surface area contributed by atoms with Gasteiger partial charge >= 0.3 is 11.3 Å². The minimum Gasteiger partial charge on any atom is -0.450 e. The minimum absolute atomic E-state index is 0.114. The van der Waals surface area contributed by atoms with Crippen molar-refractivity contribution >= 4 is 16.7 Å². The summed E-state index contributed by atoms with van der Waals surface area (Å²) in [5.74, 6) is 0.452. The predicted octanol–water partition coefficient (Wildman–Crippen LogP) is 5.16. The van der Waals surface area contributed by atoms with Gasteiger partial charge in [-0.3, -0.25) is 10.1 Å². The van der Waals surface area contributed by atoms with Gasteiger partial charge in [0.05, 0.1) is 4.92 Å². The summed E-state index contributed by atoms with van der Waals surface area (Å²) in [5.41, 5.74) is 1.36. The zero-order valence-electron chi connectivity index (χ0n) is 14.0. The first kappa shape index (κ1) is 16.5. The standard InChI is InChI=1S/C21H13NO5/c23-21-13-17(14-6-2-1-3-7-14)16-11-10-15(12-20(16)27-21)26-19-9-5-4-8-18(19)22(24)25/h1-13H. The molecule has 27 heavy (non-hydrogen) atoms. The van der Waals surface area contributed by atoms with Crippen LogP contribution in [0.3, 0.4) is 0 Å². The zero-order valence-corrected chi connectivity index (χ0v) is 14.0. The van der Waals surface area contributed by atoms with Crippen LogP contribution in [0.15, 0.2) is 88.1 Å². The lowest BCUT2D eigenvalue weighted by molar-refractivity contribution is -0.385. The molecule has 0 N–H and O–H groups in total. The molecule has 132 valence electrons. The maximum atomic E-state index is 12.0. The van der Waals surface area contributed by atoms with E-state index in [-0.39, 0.29) is 11.4 Å². The van der Waals surface area contributed by atoms with E-state index in [9.17, 15) is 14.9 Å². The molecule has 0 radical (unpaired) electrons. The van der Waals surface area contributed by atoms with Crippen LogP contribution in [0.4, 0.5) is 5.69 Å². The van der Waals surface area contributed by atoms with Gasteiger partial charge in [-0.05, 0) is 29.3 Å². The highest BCUT2D eigenvalue weighted by molar-refractivity contribution is 5.93. The van der Waals surface area contributed by atoms with Crippen molar-refractivity contribution in [2.24, 2.45) is 0 Å². The zero-order chi connectivity index (χ0) is 18.8. The van der Waals surface area contributed by atoms with Gasteiger partial charge in [-0.25, -0.2) is 4.79 Å². The van der Waals surface area contributed by atoms with Crippen molar-refractivity contribution in [3.63, 3.8) is 0 Å². The van der Waals surface area contributed by atoms with Crippen molar-refractivity contribution in [2.75, 3.05) is 0 Å². The Morgan fingerprint density at radius 3 is 2.41 bits per heavy atom. The third-order valence-corrected chi connectivity index (χ3v) is 4.09. The summed E-state index contributed by atoms with van der Waals surface area (Å²) in [4.78, 5) is 22.6. The Morgan fingerprint density at radius 2 is 1.63 bits per heavy atom. The quantitative estimate of drug-likeness (QED) is 0.285.